The first-order valence-corrected chi connectivity index (χ1v) is 16.8. The second kappa shape index (κ2) is 13.3. The van der Waals surface area contributed by atoms with Gasteiger partial charge in [-0.2, -0.15) is 0 Å². The summed E-state index contributed by atoms with van der Waals surface area (Å²) in [5, 5.41) is 11.1. The van der Waals surface area contributed by atoms with E-state index in [-0.39, 0.29) is 46.2 Å². The fraction of sp³-hybridized carbons (Fsp3) is 0.412. The SMILES string of the molecule is COc1ccc(S(=O)(=O)N2C(=O)C(c3cc(CCN(C)C)ccc3OC)(N3C[C@H](O)C[C@H]3C(=O)N(C)C)c3cc(F)ccc32)c(OC)c1. The zero-order valence-corrected chi connectivity index (χ0v) is 28.9. The molecular formula is C34H41FN4O8S. The third-order valence-corrected chi connectivity index (χ3v) is 10.6. The maximum absolute atomic E-state index is 15.5. The molecule has 3 aromatic rings. The summed E-state index contributed by atoms with van der Waals surface area (Å²) < 4.78 is 62.0. The van der Waals surface area contributed by atoms with Crippen LogP contribution in [0.5, 0.6) is 17.2 Å². The highest BCUT2D eigenvalue weighted by atomic mass is 32.2. The number of aliphatic hydroxyl groups is 1. The van der Waals surface area contributed by atoms with Crippen molar-refractivity contribution in [1.82, 2.24) is 14.7 Å². The van der Waals surface area contributed by atoms with Crippen molar-refractivity contribution in [3.8, 4) is 17.2 Å². The lowest BCUT2D eigenvalue weighted by Gasteiger charge is -2.42. The number of likely N-dealkylation sites (tertiary alicyclic amines) is 1. The van der Waals surface area contributed by atoms with Crippen molar-refractivity contribution in [1.29, 1.82) is 0 Å². The number of methoxy groups -OCH3 is 3. The number of hydrogen-bond acceptors (Lipinski definition) is 10. The summed E-state index contributed by atoms with van der Waals surface area (Å²) in [5.41, 5.74) is -1.26. The molecule has 0 aromatic heterocycles. The second-order valence-electron chi connectivity index (χ2n) is 12.3. The van der Waals surface area contributed by atoms with Crippen LogP contribution in [-0.2, 0) is 31.6 Å². The fourth-order valence-corrected chi connectivity index (χ4v) is 8.23. The number of aliphatic hydroxyl groups excluding tert-OH is 1. The molecule has 0 spiro atoms. The molecule has 14 heteroatoms. The van der Waals surface area contributed by atoms with E-state index in [9.17, 15) is 18.3 Å². The van der Waals surface area contributed by atoms with Crippen molar-refractivity contribution in [3.05, 3.63) is 77.1 Å². The molecular weight excluding hydrogens is 643 g/mol. The van der Waals surface area contributed by atoms with Crippen LogP contribution >= 0.6 is 0 Å². The smallest absolute Gasteiger partial charge is 0.274 e. The number of β-amino-alcohol motifs (C(OH)–C–C–N with tert-alkyl or cyclic N) is 1. The summed E-state index contributed by atoms with van der Waals surface area (Å²) in [6.07, 6.45) is -0.549. The number of amides is 2. The quantitative estimate of drug-likeness (QED) is 0.322. The number of anilines is 1. The average molecular weight is 685 g/mol. The molecule has 2 amide bonds. The third kappa shape index (κ3) is 5.76. The van der Waals surface area contributed by atoms with Crippen molar-refractivity contribution >= 4 is 27.5 Å². The van der Waals surface area contributed by atoms with Crippen LogP contribution in [0.15, 0.2) is 59.5 Å². The normalized spacial score (nSPS) is 21.0. The molecule has 1 N–H and O–H groups in total. The molecule has 0 radical (unpaired) electrons. The van der Waals surface area contributed by atoms with Gasteiger partial charge in [-0.1, -0.05) is 6.07 Å². The molecule has 0 saturated carbocycles. The first kappa shape index (κ1) is 35.1. The Kier molecular flexibility index (Phi) is 9.75. The lowest BCUT2D eigenvalue weighted by atomic mass is 9.80. The highest BCUT2D eigenvalue weighted by Gasteiger charge is 2.64. The Hall–Kier alpha value is -4.24. The minimum Gasteiger partial charge on any atom is -0.497 e. The number of likely N-dealkylation sites (N-methyl/N-ethyl adjacent to an activating group) is 2. The Balaban J connectivity index is 1.88. The van der Waals surface area contributed by atoms with Crippen LogP contribution < -0.4 is 18.5 Å². The van der Waals surface area contributed by atoms with Gasteiger partial charge in [0.25, 0.3) is 15.9 Å². The van der Waals surface area contributed by atoms with E-state index in [4.69, 9.17) is 14.2 Å². The van der Waals surface area contributed by atoms with Crippen molar-refractivity contribution in [2.75, 3.05) is 66.9 Å². The highest BCUT2D eigenvalue weighted by molar-refractivity contribution is 7.93. The molecule has 2 aliphatic heterocycles. The van der Waals surface area contributed by atoms with Crippen molar-refractivity contribution in [3.63, 3.8) is 0 Å². The van der Waals surface area contributed by atoms with Gasteiger partial charge in [0.2, 0.25) is 5.91 Å². The highest BCUT2D eigenvalue weighted by Crippen LogP contribution is 2.55. The van der Waals surface area contributed by atoms with Crippen LogP contribution in [0.4, 0.5) is 10.1 Å². The largest absolute Gasteiger partial charge is 0.497 e. The Morgan fingerprint density at radius 2 is 1.67 bits per heavy atom. The molecule has 2 aliphatic rings. The van der Waals surface area contributed by atoms with Gasteiger partial charge in [0.15, 0.2) is 5.54 Å². The van der Waals surface area contributed by atoms with E-state index in [0.29, 0.717) is 23.0 Å². The number of halogens is 1. The fourth-order valence-electron chi connectivity index (χ4n) is 6.63. The number of fused-ring (bicyclic) bond motifs is 1. The molecule has 3 aromatic carbocycles. The van der Waals surface area contributed by atoms with Gasteiger partial charge in [0, 0.05) is 44.4 Å². The summed E-state index contributed by atoms with van der Waals surface area (Å²) in [7, 11) is 6.31. The van der Waals surface area contributed by atoms with Gasteiger partial charge in [0.1, 0.15) is 28.0 Å². The maximum Gasteiger partial charge on any atom is 0.274 e. The Labute approximate surface area is 280 Å². The van der Waals surface area contributed by atoms with Gasteiger partial charge < -0.3 is 29.1 Å². The zero-order chi connectivity index (χ0) is 35.1. The molecule has 0 aliphatic carbocycles. The number of rotatable bonds is 11. The zero-order valence-electron chi connectivity index (χ0n) is 28.1. The van der Waals surface area contributed by atoms with E-state index in [1.165, 1.54) is 55.4 Å². The number of hydrogen-bond donors (Lipinski definition) is 1. The number of carbonyl (C=O) groups is 2. The van der Waals surface area contributed by atoms with Gasteiger partial charge in [-0.15, -0.1) is 0 Å². The van der Waals surface area contributed by atoms with Crippen molar-refractivity contribution < 1.29 is 41.7 Å². The van der Waals surface area contributed by atoms with E-state index in [2.05, 4.69) is 0 Å². The van der Waals surface area contributed by atoms with Gasteiger partial charge >= 0.3 is 0 Å². The number of sulfonamides is 1. The summed E-state index contributed by atoms with van der Waals surface area (Å²) in [6, 6.07) is 11.7. The van der Waals surface area contributed by atoms with Gasteiger partial charge in [-0.3, -0.25) is 14.5 Å². The maximum atomic E-state index is 15.5. The lowest BCUT2D eigenvalue weighted by molar-refractivity contribution is -0.138. The first-order chi connectivity index (χ1) is 22.7. The molecule has 48 heavy (non-hydrogen) atoms. The van der Waals surface area contributed by atoms with Crippen LogP contribution in [0, 0.1) is 5.82 Å². The van der Waals surface area contributed by atoms with Crippen LogP contribution in [0.1, 0.15) is 23.1 Å². The van der Waals surface area contributed by atoms with Crippen LogP contribution in [0.2, 0.25) is 0 Å². The van der Waals surface area contributed by atoms with E-state index in [0.717, 1.165) is 17.7 Å². The Morgan fingerprint density at radius 3 is 2.29 bits per heavy atom. The van der Waals surface area contributed by atoms with Crippen molar-refractivity contribution in [2.24, 2.45) is 0 Å². The lowest BCUT2D eigenvalue weighted by Crippen LogP contribution is -2.59. The third-order valence-electron chi connectivity index (χ3n) is 8.89. The summed E-state index contributed by atoms with van der Waals surface area (Å²) >= 11 is 0. The monoisotopic (exact) mass is 684 g/mol. The van der Waals surface area contributed by atoms with Crippen LogP contribution in [-0.4, -0.2) is 115 Å². The van der Waals surface area contributed by atoms with Gasteiger partial charge in [-0.25, -0.2) is 17.1 Å². The molecule has 1 fully saturated rings. The number of benzene rings is 3. The number of carbonyl (C=O) groups excluding carboxylic acids is 2. The standard InChI is InChI=1S/C34H41FN4O8S/c1-36(2)15-14-21-8-12-29(46-6)26(16-21)34(38-20-23(40)18-28(38)32(41)37(3)4)25-17-22(35)9-11-27(25)39(33(34)42)48(43,44)31-13-10-24(45-5)19-30(31)47-7/h8-13,16-17,19,23,28,40H,14-15,18,20H2,1-7H3/t23-,28+,34?/m1/s1. The minimum atomic E-state index is -4.76. The predicted octanol–water partition coefficient (Wildman–Crippen LogP) is 2.46. The first-order valence-electron chi connectivity index (χ1n) is 15.3. The molecule has 5 rings (SSSR count). The number of nitrogens with zero attached hydrogens (tertiary/aromatic N) is 4. The van der Waals surface area contributed by atoms with E-state index < -0.39 is 45.3 Å². The van der Waals surface area contributed by atoms with Crippen molar-refractivity contribution in [2.45, 2.75) is 35.4 Å². The van der Waals surface area contributed by atoms with Gasteiger partial charge in [-0.05, 0) is 75.0 Å². The average Bonchev–Trinajstić information content (AvgIpc) is 3.57. The molecule has 1 saturated heterocycles. The second-order valence-corrected chi connectivity index (χ2v) is 14.1. The molecule has 12 nitrogen and oxygen atoms in total. The summed E-state index contributed by atoms with van der Waals surface area (Å²) in [4.78, 5) is 33.7. The molecule has 1 unspecified atom stereocenters. The Bertz CT molecular complexity index is 1840. The molecule has 2 heterocycles. The van der Waals surface area contributed by atoms with Gasteiger partial charge in [0.05, 0.1) is 39.2 Å². The van der Waals surface area contributed by atoms with E-state index >= 15 is 9.18 Å². The molecule has 0 bridgehead atoms. The van der Waals surface area contributed by atoms with E-state index in [1.54, 1.807) is 26.2 Å². The molecule has 258 valence electrons. The topological polar surface area (TPSA) is 129 Å². The number of ether oxygens (including phenoxy) is 3. The van der Waals surface area contributed by atoms with E-state index in [1.807, 2.05) is 25.1 Å². The minimum absolute atomic E-state index is 0.0164. The predicted molar refractivity (Wildman–Crippen MR) is 176 cm³/mol. The Morgan fingerprint density at radius 1 is 0.958 bits per heavy atom. The van der Waals surface area contributed by atoms with Crippen LogP contribution in [0.3, 0.4) is 0 Å². The summed E-state index contributed by atoms with van der Waals surface area (Å²) in [5.74, 6) is -1.68. The summed E-state index contributed by atoms with van der Waals surface area (Å²) in [6.45, 7) is 0.455. The molecule has 3 atom stereocenters. The van der Waals surface area contributed by atoms with Crippen LogP contribution in [0.25, 0.3) is 0 Å².